The van der Waals surface area contributed by atoms with Crippen molar-refractivity contribution in [2.45, 2.75) is 37.6 Å². The SMILES string of the molecule is NC1CCC(c2ncc(O)[nH]2)CC1. The van der Waals surface area contributed by atoms with Gasteiger partial charge in [0.05, 0.1) is 6.20 Å². The molecule has 1 fully saturated rings. The summed E-state index contributed by atoms with van der Waals surface area (Å²) in [5.74, 6) is 1.52. The van der Waals surface area contributed by atoms with Crippen molar-refractivity contribution in [1.82, 2.24) is 9.97 Å². The van der Waals surface area contributed by atoms with E-state index in [1.54, 1.807) is 0 Å². The van der Waals surface area contributed by atoms with E-state index in [-0.39, 0.29) is 5.88 Å². The van der Waals surface area contributed by atoms with Gasteiger partial charge in [-0.2, -0.15) is 0 Å². The van der Waals surface area contributed by atoms with Crippen LogP contribution in [0.3, 0.4) is 0 Å². The Hall–Kier alpha value is -1.03. The minimum atomic E-state index is 0.157. The highest BCUT2D eigenvalue weighted by molar-refractivity contribution is 5.09. The molecule has 1 aliphatic carbocycles. The number of hydrogen-bond acceptors (Lipinski definition) is 3. The Labute approximate surface area is 77.2 Å². The molecule has 0 atom stereocenters. The average Bonchev–Trinajstić information content (AvgIpc) is 2.53. The van der Waals surface area contributed by atoms with Gasteiger partial charge in [0.15, 0.2) is 0 Å². The van der Waals surface area contributed by atoms with Crippen LogP contribution in [-0.4, -0.2) is 21.1 Å². The first kappa shape index (κ1) is 8.56. The lowest BCUT2D eigenvalue weighted by molar-refractivity contribution is 0.383. The van der Waals surface area contributed by atoms with Gasteiger partial charge in [-0.15, -0.1) is 0 Å². The van der Waals surface area contributed by atoms with Gasteiger partial charge in [-0.05, 0) is 25.7 Å². The number of nitrogens with two attached hydrogens (primary N) is 1. The van der Waals surface area contributed by atoms with E-state index in [1.807, 2.05) is 0 Å². The lowest BCUT2D eigenvalue weighted by Crippen LogP contribution is -2.26. The summed E-state index contributed by atoms with van der Waals surface area (Å²) in [6.07, 6.45) is 5.74. The van der Waals surface area contributed by atoms with Crippen LogP contribution in [0.15, 0.2) is 6.20 Å². The van der Waals surface area contributed by atoms with Crippen LogP contribution in [0.4, 0.5) is 0 Å². The summed E-state index contributed by atoms with van der Waals surface area (Å²) < 4.78 is 0. The Morgan fingerprint density at radius 2 is 2.08 bits per heavy atom. The fourth-order valence-corrected chi connectivity index (χ4v) is 1.93. The molecular weight excluding hydrogens is 166 g/mol. The third-order valence-electron chi connectivity index (χ3n) is 2.74. The predicted molar refractivity (Wildman–Crippen MR) is 49.4 cm³/mol. The third-order valence-corrected chi connectivity index (χ3v) is 2.74. The van der Waals surface area contributed by atoms with Crippen LogP contribution in [0, 0.1) is 0 Å². The molecule has 4 heteroatoms. The van der Waals surface area contributed by atoms with Gasteiger partial charge in [0.25, 0.3) is 0 Å². The summed E-state index contributed by atoms with van der Waals surface area (Å²) in [4.78, 5) is 6.98. The van der Waals surface area contributed by atoms with Gasteiger partial charge in [-0.1, -0.05) is 0 Å². The maximum atomic E-state index is 9.09. The van der Waals surface area contributed by atoms with E-state index in [1.165, 1.54) is 6.20 Å². The number of H-pyrrole nitrogens is 1. The Morgan fingerprint density at radius 3 is 2.62 bits per heavy atom. The summed E-state index contributed by atoms with van der Waals surface area (Å²) >= 11 is 0. The molecule has 2 rings (SSSR count). The van der Waals surface area contributed by atoms with Gasteiger partial charge in [0.1, 0.15) is 5.82 Å². The minimum Gasteiger partial charge on any atom is -0.493 e. The maximum Gasteiger partial charge on any atom is 0.208 e. The molecular formula is C9H15N3O. The Morgan fingerprint density at radius 1 is 1.38 bits per heavy atom. The normalized spacial score (nSPS) is 29.0. The van der Waals surface area contributed by atoms with Crippen molar-refractivity contribution >= 4 is 0 Å². The van der Waals surface area contributed by atoms with Crippen LogP contribution in [0.1, 0.15) is 37.4 Å². The Balaban J connectivity index is 2.02. The molecule has 4 nitrogen and oxygen atoms in total. The van der Waals surface area contributed by atoms with E-state index in [9.17, 15) is 0 Å². The standard InChI is InChI=1S/C9H15N3O/c10-7-3-1-6(2-4-7)9-11-5-8(13)12-9/h5-7,13H,1-4,10H2,(H,11,12). The lowest BCUT2D eigenvalue weighted by atomic mass is 9.86. The van der Waals surface area contributed by atoms with E-state index in [2.05, 4.69) is 9.97 Å². The number of aromatic nitrogens is 2. The number of aromatic amines is 1. The van der Waals surface area contributed by atoms with Gasteiger partial charge < -0.3 is 15.8 Å². The number of hydrogen-bond donors (Lipinski definition) is 3. The molecule has 13 heavy (non-hydrogen) atoms. The minimum absolute atomic E-state index is 0.157. The van der Waals surface area contributed by atoms with Crippen LogP contribution in [-0.2, 0) is 0 Å². The van der Waals surface area contributed by atoms with Crippen LogP contribution < -0.4 is 5.73 Å². The topological polar surface area (TPSA) is 74.9 Å². The maximum absolute atomic E-state index is 9.09. The fourth-order valence-electron chi connectivity index (χ4n) is 1.93. The second-order valence-electron chi connectivity index (χ2n) is 3.77. The van der Waals surface area contributed by atoms with Crippen molar-refractivity contribution in [2.24, 2.45) is 5.73 Å². The van der Waals surface area contributed by atoms with E-state index in [4.69, 9.17) is 10.8 Å². The molecule has 0 unspecified atom stereocenters. The summed E-state index contributed by atoms with van der Waals surface area (Å²) in [5.41, 5.74) is 5.80. The molecule has 0 spiro atoms. The zero-order valence-corrected chi connectivity index (χ0v) is 7.53. The largest absolute Gasteiger partial charge is 0.493 e. The van der Waals surface area contributed by atoms with Crippen LogP contribution >= 0.6 is 0 Å². The van der Waals surface area contributed by atoms with Gasteiger partial charge >= 0.3 is 0 Å². The summed E-state index contributed by atoms with van der Waals surface area (Å²) in [7, 11) is 0. The quantitative estimate of drug-likeness (QED) is 0.607. The average molecular weight is 181 g/mol. The van der Waals surface area contributed by atoms with Crippen molar-refractivity contribution in [3.05, 3.63) is 12.0 Å². The number of nitrogens with zero attached hydrogens (tertiary/aromatic N) is 1. The molecule has 0 aliphatic heterocycles. The van der Waals surface area contributed by atoms with Crippen LogP contribution in [0.5, 0.6) is 5.88 Å². The molecule has 0 aromatic carbocycles. The first-order valence-corrected chi connectivity index (χ1v) is 4.75. The fraction of sp³-hybridized carbons (Fsp3) is 0.667. The molecule has 1 saturated carbocycles. The van der Waals surface area contributed by atoms with Crippen molar-refractivity contribution in [3.63, 3.8) is 0 Å². The molecule has 4 N–H and O–H groups in total. The van der Waals surface area contributed by atoms with E-state index >= 15 is 0 Å². The van der Waals surface area contributed by atoms with Gasteiger partial charge in [0, 0.05) is 12.0 Å². The highest BCUT2D eigenvalue weighted by Gasteiger charge is 2.21. The van der Waals surface area contributed by atoms with Gasteiger partial charge in [-0.25, -0.2) is 4.98 Å². The van der Waals surface area contributed by atoms with Crippen LogP contribution in [0.2, 0.25) is 0 Å². The number of imidazole rings is 1. The van der Waals surface area contributed by atoms with Crippen LogP contribution in [0.25, 0.3) is 0 Å². The number of aromatic hydroxyl groups is 1. The van der Waals surface area contributed by atoms with Gasteiger partial charge in [0.2, 0.25) is 5.88 Å². The van der Waals surface area contributed by atoms with E-state index in [0.717, 1.165) is 31.5 Å². The van der Waals surface area contributed by atoms with Crippen molar-refractivity contribution in [2.75, 3.05) is 0 Å². The second kappa shape index (κ2) is 3.38. The Bertz CT molecular complexity index is 276. The molecule has 0 bridgehead atoms. The van der Waals surface area contributed by atoms with E-state index < -0.39 is 0 Å². The van der Waals surface area contributed by atoms with Crippen molar-refractivity contribution in [3.8, 4) is 5.88 Å². The highest BCUT2D eigenvalue weighted by Crippen LogP contribution is 2.30. The molecule has 1 aliphatic rings. The second-order valence-corrected chi connectivity index (χ2v) is 3.77. The Kier molecular flexibility index (Phi) is 2.22. The van der Waals surface area contributed by atoms with Crippen molar-refractivity contribution < 1.29 is 5.11 Å². The monoisotopic (exact) mass is 181 g/mol. The molecule has 0 radical (unpaired) electrons. The summed E-state index contributed by atoms with van der Waals surface area (Å²) in [6.45, 7) is 0. The predicted octanol–water partition coefficient (Wildman–Crippen LogP) is 1.10. The molecule has 1 aromatic heterocycles. The molecule has 1 heterocycles. The number of rotatable bonds is 1. The summed E-state index contributed by atoms with van der Waals surface area (Å²) in [6, 6.07) is 0.361. The zero-order chi connectivity index (χ0) is 9.26. The number of nitrogens with one attached hydrogen (secondary N) is 1. The van der Waals surface area contributed by atoms with Gasteiger partial charge in [-0.3, -0.25) is 0 Å². The molecule has 0 saturated heterocycles. The van der Waals surface area contributed by atoms with Crippen molar-refractivity contribution in [1.29, 1.82) is 0 Å². The first-order valence-electron chi connectivity index (χ1n) is 4.75. The first-order chi connectivity index (χ1) is 6.25. The zero-order valence-electron chi connectivity index (χ0n) is 7.53. The lowest BCUT2D eigenvalue weighted by Gasteiger charge is -2.24. The third kappa shape index (κ3) is 1.83. The highest BCUT2D eigenvalue weighted by atomic mass is 16.3. The van der Waals surface area contributed by atoms with E-state index in [0.29, 0.717) is 12.0 Å². The molecule has 1 aromatic rings. The smallest absolute Gasteiger partial charge is 0.208 e. The summed E-state index contributed by atoms with van der Waals surface area (Å²) in [5, 5.41) is 9.09. The molecule has 72 valence electrons. The molecule has 0 amide bonds.